The van der Waals surface area contributed by atoms with Crippen LogP contribution >= 0.6 is 24.0 Å². The van der Waals surface area contributed by atoms with Gasteiger partial charge in [0.2, 0.25) is 0 Å². The fourth-order valence-corrected chi connectivity index (χ4v) is 2.00. The molecule has 0 heterocycles. The number of guanidine groups is 1. The van der Waals surface area contributed by atoms with E-state index in [2.05, 4.69) is 34.7 Å². The molecule has 1 rings (SSSR count). The van der Waals surface area contributed by atoms with Crippen LogP contribution in [0.5, 0.6) is 0 Å². The molecule has 0 aliphatic rings. The lowest BCUT2D eigenvalue weighted by Gasteiger charge is -2.19. The molecule has 0 amide bonds. The van der Waals surface area contributed by atoms with E-state index in [-0.39, 0.29) is 36.1 Å². The maximum atomic E-state index is 5.53. The van der Waals surface area contributed by atoms with Crippen molar-refractivity contribution in [3.05, 3.63) is 35.9 Å². The molecule has 0 saturated heterocycles. The summed E-state index contributed by atoms with van der Waals surface area (Å²) in [6.45, 7) is 6.12. The van der Waals surface area contributed by atoms with Crippen LogP contribution in [0, 0.1) is 0 Å². The molecule has 2 unspecified atom stereocenters. The molecule has 0 aromatic heterocycles. The van der Waals surface area contributed by atoms with E-state index in [0.29, 0.717) is 13.2 Å². The van der Waals surface area contributed by atoms with Gasteiger partial charge in [-0.15, -0.1) is 24.0 Å². The third-order valence-corrected chi connectivity index (χ3v) is 3.02. The number of halogens is 1. The van der Waals surface area contributed by atoms with Crippen LogP contribution in [0.4, 0.5) is 0 Å². The van der Waals surface area contributed by atoms with Gasteiger partial charge in [-0.25, -0.2) is 0 Å². The average Bonchev–Trinajstić information content (AvgIpc) is 2.49. The standard InChI is InChI=1S/C16H27N3O2.HI/c1-5-17-16(19-13(2)12-20-3)18-11-15(21-4)14-9-7-6-8-10-14;/h6-10,13,15H,5,11-12H2,1-4H3,(H2,17,18,19);1H. The topological polar surface area (TPSA) is 54.9 Å². The minimum atomic E-state index is -0.0422. The molecule has 126 valence electrons. The van der Waals surface area contributed by atoms with Crippen molar-refractivity contribution in [1.82, 2.24) is 10.6 Å². The van der Waals surface area contributed by atoms with Crippen molar-refractivity contribution >= 4 is 29.9 Å². The zero-order valence-corrected chi connectivity index (χ0v) is 16.2. The monoisotopic (exact) mass is 421 g/mol. The van der Waals surface area contributed by atoms with Crippen LogP contribution in [-0.4, -0.2) is 45.9 Å². The number of aliphatic imine (C=N–C) groups is 1. The van der Waals surface area contributed by atoms with Crippen LogP contribution in [-0.2, 0) is 9.47 Å². The van der Waals surface area contributed by atoms with Crippen molar-refractivity contribution in [3.63, 3.8) is 0 Å². The molecule has 0 aliphatic carbocycles. The van der Waals surface area contributed by atoms with E-state index in [1.807, 2.05) is 25.1 Å². The summed E-state index contributed by atoms with van der Waals surface area (Å²) in [5.41, 5.74) is 1.13. The lowest BCUT2D eigenvalue weighted by molar-refractivity contribution is 0.111. The Bertz CT molecular complexity index is 415. The Hall–Kier alpha value is -0.860. The second kappa shape index (κ2) is 12.7. The van der Waals surface area contributed by atoms with Crippen LogP contribution in [0.25, 0.3) is 0 Å². The Kier molecular flexibility index (Phi) is 12.2. The van der Waals surface area contributed by atoms with Crippen LogP contribution in [0.1, 0.15) is 25.5 Å². The zero-order chi connectivity index (χ0) is 15.5. The first kappa shape index (κ1) is 21.1. The largest absolute Gasteiger partial charge is 0.383 e. The third-order valence-electron chi connectivity index (χ3n) is 3.02. The first-order valence-corrected chi connectivity index (χ1v) is 7.32. The fourth-order valence-electron chi connectivity index (χ4n) is 2.00. The predicted octanol–water partition coefficient (Wildman–Crippen LogP) is 2.58. The van der Waals surface area contributed by atoms with Crippen LogP contribution in [0.3, 0.4) is 0 Å². The molecular weight excluding hydrogens is 393 g/mol. The first-order chi connectivity index (χ1) is 10.2. The SMILES string of the molecule is CCNC(=NCC(OC)c1ccccc1)NC(C)COC.I. The zero-order valence-electron chi connectivity index (χ0n) is 13.8. The summed E-state index contributed by atoms with van der Waals surface area (Å²) in [7, 11) is 3.40. The average molecular weight is 421 g/mol. The molecule has 0 bridgehead atoms. The van der Waals surface area contributed by atoms with Gasteiger partial charge in [0.15, 0.2) is 5.96 Å². The quantitative estimate of drug-likeness (QED) is 0.385. The van der Waals surface area contributed by atoms with Gasteiger partial charge in [0, 0.05) is 26.8 Å². The number of hydrogen-bond acceptors (Lipinski definition) is 3. The normalized spacial score (nSPS) is 13.9. The van der Waals surface area contributed by atoms with Crippen molar-refractivity contribution in [1.29, 1.82) is 0 Å². The Morgan fingerprint density at radius 2 is 1.91 bits per heavy atom. The molecule has 22 heavy (non-hydrogen) atoms. The lowest BCUT2D eigenvalue weighted by Crippen LogP contribution is -2.44. The van der Waals surface area contributed by atoms with Gasteiger partial charge in [-0.3, -0.25) is 4.99 Å². The number of methoxy groups -OCH3 is 2. The minimum Gasteiger partial charge on any atom is -0.383 e. The summed E-state index contributed by atoms with van der Waals surface area (Å²) in [5, 5.41) is 6.54. The summed E-state index contributed by atoms with van der Waals surface area (Å²) < 4.78 is 10.7. The van der Waals surface area contributed by atoms with E-state index in [9.17, 15) is 0 Å². The summed E-state index contributed by atoms with van der Waals surface area (Å²) >= 11 is 0. The minimum absolute atomic E-state index is 0. The number of rotatable bonds is 8. The highest BCUT2D eigenvalue weighted by Crippen LogP contribution is 2.16. The Morgan fingerprint density at radius 1 is 1.23 bits per heavy atom. The highest BCUT2D eigenvalue weighted by atomic mass is 127. The number of hydrogen-bond donors (Lipinski definition) is 2. The highest BCUT2D eigenvalue weighted by molar-refractivity contribution is 14.0. The molecule has 6 heteroatoms. The van der Waals surface area contributed by atoms with E-state index in [4.69, 9.17) is 9.47 Å². The highest BCUT2D eigenvalue weighted by Gasteiger charge is 2.10. The van der Waals surface area contributed by atoms with E-state index in [0.717, 1.165) is 18.1 Å². The summed E-state index contributed by atoms with van der Waals surface area (Å²) in [6, 6.07) is 10.3. The second-order valence-electron chi connectivity index (χ2n) is 4.86. The number of nitrogens with one attached hydrogen (secondary N) is 2. The third kappa shape index (κ3) is 7.95. The molecule has 2 N–H and O–H groups in total. The van der Waals surface area contributed by atoms with E-state index in [1.54, 1.807) is 14.2 Å². The van der Waals surface area contributed by atoms with Gasteiger partial charge < -0.3 is 20.1 Å². The fraction of sp³-hybridized carbons (Fsp3) is 0.562. The van der Waals surface area contributed by atoms with Crippen LogP contribution in [0.2, 0.25) is 0 Å². The van der Waals surface area contributed by atoms with E-state index in [1.165, 1.54) is 0 Å². The Balaban J connectivity index is 0.00000441. The molecule has 2 atom stereocenters. The Labute approximate surface area is 150 Å². The van der Waals surface area contributed by atoms with Gasteiger partial charge in [-0.05, 0) is 19.4 Å². The van der Waals surface area contributed by atoms with E-state index < -0.39 is 0 Å². The number of nitrogens with zero attached hydrogens (tertiary/aromatic N) is 1. The van der Waals surface area contributed by atoms with Gasteiger partial charge >= 0.3 is 0 Å². The Morgan fingerprint density at radius 3 is 2.45 bits per heavy atom. The number of benzene rings is 1. The van der Waals surface area contributed by atoms with E-state index >= 15 is 0 Å². The molecule has 1 aromatic rings. The lowest BCUT2D eigenvalue weighted by atomic mass is 10.1. The van der Waals surface area contributed by atoms with Gasteiger partial charge in [0.25, 0.3) is 0 Å². The molecule has 0 radical (unpaired) electrons. The molecule has 1 aromatic carbocycles. The summed E-state index contributed by atoms with van der Waals surface area (Å²) in [5.74, 6) is 0.778. The number of ether oxygens (including phenoxy) is 2. The van der Waals surface area contributed by atoms with Crippen molar-refractivity contribution in [2.75, 3.05) is 33.9 Å². The van der Waals surface area contributed by atoms with Gasteiger partial charge in [-0.2, -0.15) is 0 Å². The molecule has 0 spiro atoms. The molecule has 0 fully saturated rings. The molecule has 0 aliphatic heterocycles. The second-order valence-corrected chi connectivity index (χ2v) is 4.86. The smallest absolute Gasteiger partial charge is 0.191 e. The van der Waals surface area contributed by atoms with Gasteiger partial charge in [0.05, 0.1) is 13.2 Å². The van der Waals surface area contributed by atoms with Crippen LogP contribution in [0.15, 0.2) is 35.3 Å². The maximum absolute atomic E-state index is 5.53. The van der Waals surface area contributed by atoms with Crippen molar-refractivity contribution in [2.45, 2.75) is 26.0 Å². The van der Waals surface area contributed by atoms with Crippen molar-refractivity contribution in [2.24, 2.45) is 4.99 Å². The van der Waals surface area contributed by atoms with Crippen molar-refractivity contribution < 1.29 is 9.47 Å². The molecule has 0 saturated carbocycles. The first-order valence-electron chi connectivity index (χ1n) is 7.32. The van der Waals surface area contributed by atoms with Gasteiger partial charge in [-0.1, -0.05) is 30.3 Å². The predicted molar refractivity (Wildman–Crippen MR) is 102 cm³/mol. The molecular formula is C16H28IN3O2. The maximum Gasteiger partial charge on any atom is 0.191 e. The molecule has 5 nitrogen and oxygen atoms in total. The summed E-state index contributed by atoms with van der Waals surface area (Å²) in [4.78, 5) is 4.60. The summed E-state index contributed by atoms with van der Waals surface area (Å²) in [6.07, 6.45) is -0.0422. The van der Waals surface area contributed by atoms with Gasteiger partial charge in [0.1, 0.15) is 6.10 Å². The van der Waals surface area contributed by atoms with Crippen molar-refractivity contribution in [3.8, 4) is 0 Å². The van der Waals surface area contributed by atoms with Crippen LogP contribution < -0.4 is 10.6 Å².